The highest BCUT2D eigenvalue weighted by molar-refractivity contribution is 6.49. The van der Waals surface area contributed by atoms with Crippen LogP contribution in [0.5, 0.6) is 0 Å². The molecule has 0 heterocycles. The minimum absolute atomic E-state index is 0.172. The third kappa shape index (κ3) is 3.15. The van der Waals surface area contributed by atoms with Crippen LogP contribution in [-0.2, 0) is 9.59 Å². The molecular weight excluding hydrogens is 216 g/mol. The van der Waals surface area contributed by atoms with Crippen LogP contribution in [0, 0.1) is 0 Å². The zero-order valence-corrected chi connectivity index (χ0v) is 8.78. The molecule has 0 amide bonds. The van der Waals surface area contributed by atoms with Crippen LogP contribution in [0.1, 0.15) is 17.4 Å². The van der Waals surface area contributed by atoms with E-state index in [2.05, 4.69) is 0 Å². The fourth-order valence-electron chi connectivity index (χ4n) is 1.14. The van der Waals surface area contributed by atoms with Crippen molar-refractivity contribution in [3.63, 3.8) is 0 Å². The van der Waals surface area contributed by atoms with Crippen molar-refractivity contribution in [1.29, 1.82) is 0 Å². The van der Waals surface area contributed by atoms with Gasteiger partial charge in [0.2, 0.25) is 11.6 Å². The molecule has 0 saturated carbocycles. The molecule has 1 aromatic carbocycles. The van der Waals surface area contributed by atoms with Crippen LogP contribution < -0.4 is 0 Å². The third-order valence-electron chi connectivity index (χ3n) is 1.94. The first-order chi connectivity index (χ1) is 7.16. The minimum Gasteiger partial charge on any atom is -0.396 e. The highest BCUT2D eigenvalue weighted by Gasteiger charge is 2.23. The molecule has 0 bridgehead atoms. The van der Waals surface area contributed by atoms with Gasteiger partial charge in [0.05, 0.1) is 6.61 Å². The molecule has 0 aliphatic rings. The molecule has 15 heavy (non-hydrogen) atoms. The van der Waals surface area contributed by atoms with Crippen LogP contribution >= 0.6 is 11.6 Å². The van der Waals surface area contributed by atoms with Gasteiger partial charge in [0.25, 0.3) is 0 Å². The normalized spacial score (nSPS) is 12.1. The number of aliphatic hydroxyl groups is 1. The van der Waals surface area contributed by atoms with Crippen molar-refractivity contribution in [3.05, 3.63) is 35.9 Å². The Labute approximate surface area is 92.7 Å². The smallest absolute Gasteiger partial charge is 0.220 e. The lowest BCUT2D eigenvalue weighted by molar-refractivity contribution is -0.136. The molecule has 3 nitrogen and oxygen atoms in total. The van der Waals surface area contributed by atoms with Crippen LogP contribution in [0.25, 0.3) is 0 Å². The summed E-state index contributed by atoms with van der Waals surface area (Å²) in [5.74, 6) is -1.31. The minimum atomic E-state index is -0.953. The van der Waals surface area contributed by atoms with Crippen molar-refractivity contribution in [2.75, 3.05) is 6.61 Å². The van der Waals surface area contributed by atoms with E-state index in [1.807, 2.05) is 0 Å². The summed E-state index contributed by atoms with van der Waals surface area (Å²) in [5.41, 5.74) is 0.593. The third-order valence-corrected chi connectivity index (χ3v) is 2.39. The van der Waals surface area contributed by atoms with Crippen LogP contribution in [0.3, 0.4) is 0 Å². The van der Waals surface area contributed by atoms with Crippen molar-refractivity contribution >= 4 is 23.2 Å². The van der Waals surface area contributed by atoms with Crippen LogP contribution in [-0.4, -0.2) is 23.3 Å². The van der Waals surface area contributed by atoms with E-state index in [-0.39, 0.29) is 13.0 Å². The Morgan fingerprint density at radius 3 is 2.40 bits per heavy atom. The summed E-state index contributed by atoms with van der Waals surface area (Å²) in [5, 5.41) is 7.57. The standard InChI is InChI=1S/C11H11ClO3/c12-10(8-4-2-1-3-5-8)11(15)9(14)6-7-13/h1-5,10,13H,6-7H2. The molecule has 0 fully saturated rings. The SMILES string of the molecule is O=C(CCO)C(=O)C(Cl)c1ccccc1. The summed E-state index contributed by atoms with van der Waals surface area (Å²) >= 11 is 5.84. The van der Waals surface area contributed by atoms with Crippen molar-refractivity contribution < 1.29 is 14.7 Å². The number of rotatable bonds is 5. The van der Waals surface area contributed by atoms with Gasteiger partial charge in [0.15, 0.2) is 0 Å². The zero-order chi connectivity index (χ0) is 11.3. The van der Waals surface area contributed by atoms with Crippen molar-refractivity contribution in [3.8, 4) is 0 Å². The van der Waals surface area contributed by atoms with Crippen molar-refractivity contribution in [2.24, 2.45) is 0 Å². The van der Waals surface area contributed by atoms with Gasteiger partial charge in [-0.05, 0) is 5.56 Å². The number of carbonyl (C=O) groups is 2. The molecule has 1 unspecified atom stereocenters. The number of aliphatic hydroxyl groups excluding tert-OH is 1. The van der Waals surface area contributed by atoms with E-state index in [0.29, 0.717) is 5.56 Å². The molecule has 1 N–H and O–H groups in total. The lowest BCUT2D eigenvalue weighted by Crippen LogP contribution is -2.19. The number of ketones is 2. The van der Waals surface area contributed by atoms with E-state index < -0.39 is 16.9 Å². The highest BCUT2D eigenvalue weighted by atomic mass is 35.5. The lowest BCUT2D eigenvalue weighted by atomic mass is 10.0. The summed E-state index contributed by atoms with van der Waals surface area (Å²) < 4.78 is 0. The van der Waals surface area contributed by atoms with E-state index in [1.54, 1.807) is 30.3 Å². The predicted octanol–water partition coefficient (Wildman–Crippen LogP) is 1.49. The summed E-state index contributed by atoms with van der Waals surface area (Å²) in [4.78, 5) is 22.6. The van der Waals surface area contributed by atoms with Gasteiger partial charge in [-0.1, -0.05) is 30.3 Å². The first-order valence-electron chi connectivity index (χ1n) is 4.53. The van der Waals surface area contributed by atoms with Gasteiger partial charge in [0, 0.05) is 6.42 Å². The van der Waals surface area contributed by atoms with Crippen LogP contribution in [0.4, 0.5) is 0 Å². The predicted molar refractivity (Wildman–Crippen MR) is 56.8 cm³/mol. The molecular formula is C11H11ClO3. The van der Waals surface area contributed by atoms with Gasteiger partial charge >= 0.3 is 0 Å². The van der Waals surface area contributed by atoms with Crippen LogP contribution in [0.15, 0.2) is 30.3 Å². The maximum absolute atomic E-state index is 11.4. The fourth-order valence-corrected chi connectivity index (χ4v) is 1.41. The summed E-state index contributed by atoms with van der Waals surface area (Å²) in [6.07, 6.45) is -0.172. The number of benzene rings is 1. The second-order valence-electron chi connectivity index (χ2n) is 3.03. The van der Waals surface area contributed by atoms with E-state index in [4.69, 9.17) is 16.7 Å². The Morgan fingerprint density at radius 1 is 1.27 bits per heavy atom. The molecule has 80 valence electrons. The second-order valence-corrected chi connectivity index (χ2v) is 3.47. The molecule has 0 aliphatic carbocycles. The number of alkyl halides is 1. The number of hydrogen-bond donors (Lipinski definition) is 1. The highest BCUT2D eigenvalue weighted by Crippen LogP contribution is 2.21. The van der Waals surface area contributed by atoms with E-state index in [9.17, 15) is 9.59 Å². The van der Waals surface area contributed by atoms with Crippen LogP contribution in [0.2, 0.25) is 0 Å². The number of Topliss-reactive ketones (excluding diaryl/α,β-unsaturated/α-hetero) is 2. The van der Waals surface area contributed by atoms with Crippen molar-refractivity contribution in [1.82, 2.24) is 0 Å². The van der Waals surface area contributed by atoms with E-state index >= 15 is 0 Å². The summed E-state index contributed by atoms with van der Waals surface area (Å²) in [6.45, 7) is -0.330. The van der Waals surface area contributed by atoms with Gasteiger partial charge in [-0.3, -0.25) is 9.59 Å². The largest absolute Gasteiger partial charge is 0.396 e. The molecule has 1 aromatic rings. The molecule has 0 aromatic heterocycles. The molecule has 0 spiro atoms. The first-order valence-corrected chi connectivity index (χ1v) is 4.97. The Hall–Kier alpha value is -1.19. The maximum Gasteiger partial charge on any atom is 0.220 e. The number of carbonyl (C=O) groups excluding carboxylic acids is 2. The maximum atomic E-state index is 11.4. The quantitative estimate of drug-likeness (QED) is 0.611. The van der Waals surface area contributed by atoms with Gasteiger partial charge in [-0.25, -0.2) is 0 Å². The Bertz CT molecular complexity index is 348. The average Bonchev–Trinajstić information content (AvgIpc) is 2.28. The summed E-state index contributed by atoms with van der Waals surface area (Å²) in [6, 6.07) is 8.65. The van der Waals surface area contributed by atoms with Gasteiger partial charge in [0.1, 0.15) is 5.38 Å². The van der Waals surface area contributed by atoms with Gasteiger partial charge in [-0.2, -0.15) is 0 Å². The fraction of sp³-hybridized carbons (Fsp3) is 0.273. The first kappa shape index (κ1) is 11.9. The topological polar surface area (TPSA) is 54.4 Å². The molecule has 0 aliphatic heterocycles. The van der Waals surface area contributed by atoms with E-state index in [0.717, 1.165) is 0 Å². The lowest BCUT2D eigenvalue weighted by Gasteiger charge is -2.06. The number of hydrogen-bond acceptors (Lipinski definition) is 3. The molecule has 0 radical (unpaired) electrons. The molecule has 1 rings (SSSR count). The molecule has 0 saturated heterocycles. The van der Waals surface area contributed by atoms with Gasteiger partial charge < -0.3 is 5.11 Å². The Morgan fingerprint density at radius 2 is 1.87 bits per heavy atom. The van der Waals surface area contributed by atoms with Crippen molar-refractivity contribution in [2.45, 2.75) is 11.8 Å². The molecule has 1 atom stereocenters. The summed E-state index contributed by atoms with van der Waals surface area (Å²) in [7, 11) is 0. The Balaban J connectivity index is 2.73. The monoisotopic (exact) mass is 226 g/mol. The second kappa shape index (κ2) is 5.63. The Kier molecular flexibility index (Phi) is 4.46. The number of halogens is 1. The van der Waals surface area contributed by atoms with E-state index in [1.165, 1.54) is 0 Å². The zero-order valence-electron chi connectivity index (χ0n) is 8.02. The van der Waals surface area contributed by atoms with Gasteiger partial charge in [-0.15, -0.1) is 11.6 Å². The molecule has 4 heteroatoms. The average molecular weight is 227 g/mol.